The summed E-state index contributed by atoms with van der Waals surface area (Å²) in [6.45, 7) is 2.35. The van der Waals surface area contributed by atoms with E-state index in [-0.39, 0.29) is 12.0 Å². The number of amides is 1. The van der Waals surface area contributed by atoms with Gasteiger partial charge in [-0.2, -0.15) is 0 Å². The quantitative estimate of drug-likeness (QED) is 0.942. The van der Waals surface area contributed by atoms with Crippen LogP contribution < -0.4 is 5.73 Å². The molecular formula is C19H22N2O2. The number of carbonyl (C=O) groups excluding carboxylic acids is 1. The van der Waals surface area contributed by atoms with Crippen molar-refractivity contribution in [3.8, 4) is 0 Å². The van der Waals surface area contributed by atoms with Crippen LogP contribution in [0.5, 0.6) is 0 Å². The molecule has 0 radical (unpaired) electrons. The molecule has 0 saturated carbocycles. The molecule has 2 N–H and O–H groups in total. The Hall–Kier alpha value is -2.17. The molecule has 1 fully saturated rings. The fraction of sp³-hybridized carbons (Fsp3) is 0.316. The van der Waals surface area contributed by atoms with Crippen molar-refractivity contribution in [1.29, 1.82) is 0 Å². The summed E-state index contributed by atoms with van der Waals surface area (Å²) in [5, 5.41) is 0. The first-order chi connectivity index (χ1) is 11.3. The second-order valence-corrected chi connectivity index (χ2v) is 5.83. The number of carbonyl (C=O) groups is 1. The van der Waals surface area contributed by atoms with Gasteiger partial charge < -0.3 is 15.4 Å². The molecule has 120 valence electrons. The smallest absolute Gasteiger partial charge is 0.254 e. The normalized spacial score (nSPS) is 18.0. The van der Waals surface area contributed by atoms with Gasteiger partial charge in [0, 0.05) is 31.6 Å². The van der Waals surface area contributed by atoms with Gasteiger partial charge in [-0.25, -0.2) is 0 Å². The first kappa shape index (κ1) is 15.7. The number of nitrogens with two attached hydrogens (primary N) is 1. The minimum atomic E-state index is 0.0541. The van der Waals surface area contributed by atoms with Crippen LogP contribution in [0.1, 0.15) is 21.5 Å². The number of hydrogen-bond donors (Lipinski definition) is 1. The van der Waals surface area contributed by atoms with E-state index in [0.717, 1.165) is 12.0 Å². The zero-order valence-electron chi connectivity index (χ0n) is 13.2. The molecule has 23 heavy (non-hydrogen) atoms. The van der Waals surface area contributed by atoms with Crippen LogP contribution in [0.4, 0.5) is 0 Å². The third-order valence-electron chi connectivity index (χ3n) is 4.17. The molecule has 1 heterocycles. The lowest BCUT2D eigenvalue weighted by Gasteiger charge is -2.33. The summed E-state index contributed by atoms with van der Waals surface area (Å²) >= 11 is 0. The predicted octanol–water partition coefficient (Wildman–Crippen LogP) is 2.23. The van der Waals surface area contributed by atoms with Crippen molar-refractivity contribution in [2.24, 2.45) is 5.73 Å². The van der Waals surface area contributed by atoms with Crippen LogP contribution in [0.25, 0.3) is 0 Å². The molecule has 1 aliphatic heterocycles. The predicted molar refractivity (Wildman–Crippen MR) is 90.1 cm³/mol. The minimum Gasteiger partial charge on any atom is -0.374 e. The second kappa shape index (κ2) is 7.40. The van der Waals surface area contributed by atoms with Crippen LogP contribution >= 0.6 is 0 Å². The SMILES string of the molecule is NCc1ccc(C(=O)N2CCOC(Cc3ccccc3)C2)cc1. The number of hydrogen-bond acceptors (Lipinski definition) is 3. The van der Waals surface area contributed by atoms with E-state index in [9.17, 15) is 4.79 Å². The van der Waals surface area contributed by atoms with Crippen LogP contribution in [0.2, 0.25) is 0 Å². The van der Waals surface area contributed by atoms with E-state index in [0.29, 0.717) is 31.8 Å². The van der Waals surface area contributed by atoms with Crippen LogP contribution in [-0.4, -0.2) is 36.6 Å². The molecule has 1 saturated heterocycles. The van der Waals surface area contributed by atoms with Crippen LogP contribution in [-0.2, 0) is 17.7 Å². The van der Waals surface area contributed by atoms with E-state index < -0.39 is 0 Å². The topological polar surface area (TPSA) is 55.6 Å². The Labute approximate surface area is 136 Å². The van der Waals surface area contributed by atoms with Crippen molar-refractivity contribution in [3.63, 3.8) is 0 Å². The van der Waals surface area contributed by atoms with E-state index in [1.165, 1.54) is 5.56 Å². The van der Waals surface area contributed by atoms with Crippen molar-refractivity contribution in [3.05, 3.63) is 71.3 Å². The molecule has 0 bridgehead atoms. The third-order valence-corrected chi connectivity index (χ3v) is 4.17. The second-order valence-electron chi connectivity index (χ2n) is 5.83. The summed E-state index contributed by atoms with van der Waals surface area (Å²) in [5.74, 6) is 0.0648. The fourth-order valence-electron chi connectivity index (χ4n) is 2.87. The van der Waals surface area contributed by atoms with Crippen LogP contribution in [0, 0.1) is 0 Å². The summed E-state index contributed by atoms with van der Waals surface area (Å²) in [4.78, 5) is 14.5. The Kier molecular flexibility index (Phi) is 5.05. The third kappa shape index (κ3) is 3.97. The number of benzene rings is 2. The van der Waals surface area contributed by atoms with Crippen LogP contribution in [0.3, 0.4) is 0 Å². The molecule has 1 aliphatic rings. The minimum absolute atomic E-state index is 0.0541. The highest BCUT2D eigenvalue weighted by atomic mass is 16.5. The zero-order valence-corrected chi connectivity index (χ0v) is 13.2. The fourth-order valence-corrected chi connectivity index (χ4v) is 2.87. The summed E-state index contributed by atoms with van der Waals surface area (Å²) in [7, 11) is 0. The molecule has 0 spiro atoms. The van der Waals surface area contributed by atoms with E-state index in [1.807, 2.05) is 47.4 Å². The average molecular weight is 310 g/mol. The Morgan fingerprint density at radius 3 is 2.52 bits per heavy atom. The maximum atomic E-state index is 12.6. The van der Waals surface area contributed by atoms with E-state index in [2.05, 4.69) is 12.1 Å². The average Bonchev–Trinajstić information content (AvgIpc) is 2.62. The largest absolute Gasteiger partial charge is 0.374 e. The Morgan fingerprint density at radius 2 is 1.83 bits per heavy atom. The van der Waals surface area contributed by atoms with Gasteiger partial charge >= 0.3 is 0 Å². The van der Waals surface area contributed by atoms with Gasteiger partial charge in [-0.15, -0.1) is 0 Å². The number of morpholine rings is 1. The first-order valence-corrected chi connectivity index (χ1v) is 8.00. The summed E-state index contributed by atoms with van der Waals surface area (Å²) < 4.78 is 5.82. The molecule has 4 heteroatoms. The number of ether oxygens (including phenoxy) is 1. The molecule has 1 atom stereocenters. The van der Waals surface area contributed by atoms with E-state index >= 15 is 0 Å². The van der Waals surface area contributed by atoms with Gasteiger partial charge in [0.1, 0.15) is 0 Å². The molecule has 1 amide bonds. The standard InChI is InChI=1S/C19H22N2O2/c20-13-16-6-8-17(9-7-16)19(22)21-10-11-23-18(14-21)12-15-4-2-1-3-5-15/h1-9,18H,10-14,20H2. The van der Waals surface area contributed by atoms with E-state index in [4.69, 9.17) is 10.5 Å². The maximum Gasteiger partial charge on any atom is 0.254 e. The van der Waals surface area contributed by atoms with Crippen LogP contribution in [0.15, 0.2) is 54.6 Å². The summed E-state index contributed by atoms with van der Waals surface area (Å²) in [5.41, 5.74) is 8.58. The lowest BCUT2D eigenvalue weighted by atomic mass is 10.1. The number of nitrogens with zero attached hydrogens (tertiary/aromatic N) is 1. The van der Waals surface area contributed by atoms with Gasteiger partial charge in [0.2, 0.25) is 0 Å². The molecular weight excluding hydrogens is 288 g/mol. The van der Waals surface area contributed by atoms with Crippen molar-refractivity contribution < 1.29 is 9.53 Å². The van der Waals surface area contributed by atoms with E-state index in [1.54, 1.807) is 0 Å². The monoisotopic (exact) mass is 310 g/mol. The molecule has 2 aromatic carbocycles. The van der Waals surface area contributed by atoms with Crippen molar-refractivity contribution in [2.75, 3.05) is 19.7 Å². The Balaban J connectivity index is 1.64. The summed E-state index contributed by atoms with van der Waals surface area (Å²) in [6.07, 6.45) is 0.884. The Morgan fingerprint density at radius 1 is 1.09 bits per heavy atom. The highest BCUT2D eigenvalue weighted by Crippen LogP contribution is 2.15. The molecule has 3 rings (SSSR count). The lowest BCUT2D eigenvalue weighted by Crippen LogP contribution is -2.46. The van der Waals surface area contributed by atoms with Gasteiger partial charge in [0.05, 0.1) is 12.7 Å². The molecule has 2 aromatic rings. The van der Waals surface area contributed by atoms with Gasteiger partial charge in [-0.05, 0) is 23.3 Å². The van der Waals surface area contributed by atoms with Crippen molar-refractivity contribution in [1.82, 2.24) is 4.90 Å². The molecule has 1 unspecified atom stereocenters. The van der Waals surface area contributed by atoms with Gasteiger partial charge in [-0.1, -0.05) is 42.5 Å². The highest BCUT2D eigenvalue weighted by Gasteiger charge is 2.25. The number of rotatable bonds is 4. The lowest BCUT2D eigenvalue weighted by molar-refractivity contribution is -0.0208. The summed E-state index contributed by atoms with van der Waals surface area (Å²) in [6, 6.07) is 17.8. The Bertz CT molecular complexity index is 640. The van der Waals surface area contributed by atoms with Gasteiger partial charge in [0.15, 0.2) is 0 Å². The van der Waals surface area contributed by atoms with Gasteiger partial charge in [-0.3, -0.25) is 4.79 Å². The molecule has 0 aromatic heterocycles. The van der Waals surface area contributed by atoms with Gasteiger partial charge in [0.25, 0.3) is 5.91 Å². The highest BCUT2D eigenvalue weighted by molar-refractivity contribution is 5.94. The molecule has 4 nitrogen and oxygen atoms in total. The maximum absolute atomic E-state index is 12.6. The van der Waals surface area contributed by atoms with Crippen molar-refractivity contribution in [2.45, 2.75) is 19.1 Å². The first-order valence-electron chi connectivity index (χ1n) is 8.00. The zero-order chi connectivity index (χ0) is 16.1. The van der Waals surface area contributed by atoms with Crippen molar-refractivity contribution >= 4 is 5.91 Å². The molecule has 0 aliphatic carbocycles.